The van der Waals surface area contributed by atoms with Crippen molar-refractivity contribution in [1.82, 2.24) is 10.0 Å². The molecule has 10 nitrogen and oxygen atoms in total. The lowest BCUT2D eigenvalue weighted by Crippen LogP contribution is -2.65. The van der Waals surface area contributed by atoms with Crippen LogP contribution >= 0.6 is 11.6 Å². The molecule has 1 aromatic rings. The zero-order chi connectivity index (χ0) is 18.8. The molecule has 0 bridgehead atoms. The molecule has 140 valence electrons. The molecule has 0 spiro atoms. The van der Waals surface area contributed by atoms with Crippen molar-refractivity contribution in [2.75, 3.05) is 6.61 Å². The topological polar surface area (TPSA) is 165 Å². The van der Waals surface area contributed by atoms with Crippen LogP contribution in [0, 0.1) is 0 Å². The molecule has 1 aliphatic heterocycles. The second kappa shape index (κ2) is 7.83. The molecule has 2 rings (SSSR count). The SMILES string of the molecule is O=C(N[C@H]1C(O)O[C@H](CO)[C@@H](O)[C@@H]1O)NS(=O)(=O)c1ccc(Cl)cc1. The molecule has 12 heteroatoms. The fraction of sp³-hybridized carbons (Fsp3) is 0.462. The van der Waals surface area contributed by atoms with Gasteiger partial charge in [-0.15, -0.1) is 0 Å². The van der Waals surface area contributed by atoms with Crippen molar-refractivity contribution in [2.45, 2.75) is 35.5 Å². The third kappa shape index (κ3) is 4.58. The van der Waals surface area contributed by atoms with E-state index in [1.54, 1.807) is 4.72 Å². The summed E-state index contributed by atoms with van der Waals surface area (Å²) in [7, 11) is -4.22. The first-order chi connectivity index (χ1) is 11.7. The van der Waals surface area contributed by atoms with Crippen molar-refractivity contribution in [3.8, 4) is 0 Å². The molecule has 0 radical (unpaired) electrons. The Hall–Kier alpha value is -1.47. The van der Waals surface area contributed by atoms with Gasteiger partial charge in [-0.05, 0) is 24.3 Å². The Morgan fingerprint density at radius 2 is 1.76 bits per heavy atom. The summed E-state index contributed by atoms with van der Waals surface area (Å²) in [5.41, 5.74) is 0. The number of hydrogen-bond donors (Lipinski definition) is 6. The fourth-order valence-corrected chi connectivity index (χ4v) is 3.27. The zero-order valence-corrected chi connectivity index (χ0v) is 14.2. The van der Waals surface area contributed by atoms with Gasteiger partial charge in [-0.2, -0.15) is 0 Å². The smallest absolute Gasteiger partial charge is 0.329 e. The highest BCUT2D eigenvalue weighted by Crippen LogP contribution is 2.20. The molecule has 0 aliphatic carbocycles. The zero-order valence-electron chi connectivity index (χ0n) is 12.6. The maximum Gasteiger partial charge on any atom is 0.329 e. The van der Waals surface area contributed by atoms with Gasteiger partial charge in [0.1, 0.15) is 24.4 Å². The lowest BCUT2D eigenvalue weighted by Gasteiger charge is -2.40. The van der Waals surface area contributed by atoms with Crippen molar-refractivity contribution in [2.24, 2.45) is 0 Å². The van der Waals surface area contributed by atoms with E-state index in [1.807, 2.05) is 5.32 Å². The number of sulfonamides is 1. The van der Waals surface area contributed by atoms with E-state index in [2.05, 4.69) is 0 Å². The summed E-state index contributed by atoms with van der Waals surface area (Å²) in [5, 5.41) is 40.6. The Labute approximate surface area is 148 Å². The molecular formula is C13H17ClN2O8S. The molecule has 1 fully saturated rings. The second-order valence-corrected chi connectivity index (χ2v) is 7.41. The van der Waals surface area contributed by atoms with Crippen LogP contribution in [0.3, 0.4) is 0 Å². The molecule has 2 amide bonds. The van der Waals surface area contributed by atoms with Crippen molar-refractivity contribution >= 4 is 27.7 Å². The molecule has 0 aromatic heterocycles. The Morgan fingerprint density at radius 1 is 1.16 bits per heavy atom. The summed E-state index contributed by atoms with van der Waals surface area (Å²) in [6, 6.07) is 2.24. The quantitative estimate of drug-likeness (QED) is 0.344. The van der Waals surface area contributed by atoms with E-state index in [1.165, 1.54) is 24.3 Å². The van der Waals surface area contributed by atoms with Crippen LogP contribution in [0.15, 0.2) is 29.2 Å². The summed E-state index contributed by atoms with van der Waals surface area (Å²) in [4.78, 5) is 11.7. The Kier molecular flexibility index (Phi) is 6.21. The van der Waals surface area contributed by atoms with E-state index in [0.29, 0.717) is 5.02 Å². The molecule has 1 unspecified atom stereocenters. The number of carbonyl (C=O) groups is 1. The number of aliphatic hydroxyl groups is 4. The van der Waals surface area contributed by atoms with Gasteiger partial charge in [-0.25, -0.2) is 17.9 Å². The van der Waals surface area contributed by atoms with Crippen molar-refractivity contribution in [3.63, 3.8) is 0 Å². The highest BCUT2D eigenvalue weighted by atomic mass is 35.5. The predicted molar refractivity (Wildman–Crippen MR) is 84.1 cm³/mol. The highest BCUT2D eigenvalue weighted by Gasteiger charge is 2.44. The lowest BCUT2D eigenvalue weighted by atomic mass is 9.97. The first-order valence-electron chi connectivity index (χ1n) is 7.05. The van der Waals surface area contributed by atoms with Gasteiger partial charge in [-0.3, -0.25) is 0 Å². The Balaban J connectivity index is 2.05. The van der Waals surface area contributed by atoms with Crippen LogP contribution in [0.4, 0.5) is 4.79 Å². The van der Waals surface area contributed by atoms with Crippen LogP contribution < -0.4 is 10.0 Å². The van der Waals surface area contributed by atoms with Crippen LogP contribution in [0.25, 0.3) is 0 Å². The molecule has 1 aliphatic rings. The standard InChI is InChI=1S/C13H17ClN2O8S/c14-6-1-3-7(4-2-6)25(22,23)16-13(21)15-9-11(19)10(18)8(5-17)24-12(9)20/h1-4,8-12,17-20H,5H2,(H2,15,16,21)/t8-,9-,10-,11-,12?/m1/s1. The molecular weight excluding hydrogens is 380 g/mol. The van der Waals surface area contributed by atoms with Gasteiger partial charge in [0, 0.05) is 5.02 Å². The number of benzene rings is 1. The molecule has 1 saturated heterocycles. The third-order valence-corrected chi connectivity index (χ3v) is 5.15. The number of rotatable bonds is 4. The summed E-state index contributed by atoms with van der Waals surface area (Å²) in [6.45, 7) is -0.668. The van der Waals surface area contributed by atoms with Gasteiger partial charge in [0.2, 0.25) is 0 Å². The molecule has 1 aromatic carbocycles. The van der Waals surface area contributed by atoms with E-state index in [9.17, 15) is 28.5 Å². The van der Waals surface area contributed by atoms with E-state index in [4.69, 9.17) is 21.4 Å². The number of carbonyl (C=O) groups excluding carboxylic acids is 1. The lowest BCUT2D eigenvalue weighted by molar-refractivity contribution is -0.252. The van der Waals surface area contributed by atoms with Crippen molar-refractivity contribution in [1.29, 1.82) is 0 Å². The monoisotopic (exact) mass is 396 g/mol. The largest absolute Gasteiger partial charge is 0.394 e. The first kappa shape index (κ1) is 19.8. The maximum absolute atomic E-state index is 12.1. The summed E-state index contributed by atoms with van der Waals surface area (Å²) < 4.78 is 30.7. The maximum atomic E-state index is 12.1. The van der Waals surface area contributed by atoms with E-state index in [0.717, 1.165) is 0 Å². The minimum Gasteiger partial charge on any atom is -0.394 e. The van der Waals surface area contributed by atoms with Gasteiger partial charge < -0.3 is 30.5 Å². The van der Waals surface area contributed by atoms with Crippen LogP contribution in [-0.4, -0.2) is 72.1 Å². The summed E-state index contributed by atoms with van der Waals surface area (Å²) in [6.07, 6.45) is -6.29. The van der Waals surface area contributed by atoms with Crippen molar-refractivity contribution < 1.29 is 38.4 Å². The first-order valence-corrected chi connectivity index (χ1v) is 8.91. The third-order valence-electron chi connectivity index (χ3n) is 3.55. The van der Waals surface area contributed by atoms with Gasteiger partial charge in [0.25, 0.3) is 10.0 Å². The molecule has 6 N–H and O–H groups in total. The summed E-state index contributed by atoms with van der Waals surface area (Å²) in [5.74, 6) is 0. The number of ether oxygens (including phenoxy) is 1. The van der Waals surface area contributed by atoms with Gasteiger partial charge in [0.15, 0.2) is 6.29 Å². The molecule has 25 heavy (non-hydrogen) atoms. The van der Waals surface area contributed by atoms with Crippen LogP contribution in [-0.2, 0) is 14.8 Å². The van der Waals surface area contributed by atoms with Crippen LogP contribution in [0.5, 0.6) is 0 Å². The molecule has 0 saturated carbocycles. The molecule has 5 atom stereocenters. The van der Waals surface area contributed by atoms with Gasteiger partial charge in [-0.1, -0.05) is 11.6 Å². The normalized spacial score (nSPS) is 29.9. The van der Waals surface area contributed by atoms with E-state index < -0.39 is 53.3 Å². The summed E-state index contributed by atoms with van der Waals surface area (Å²) >= 11 is 5.66. The number of amides is 2. The minimum atomic E-state index is -4.22. The average molecular weight is 397 g/mol. The minimum absolute atomic E-state index is 0.228. The highest BCUT2D eigenvalue weighted by molar-refractivity contribution is 7.90. The number of urea groups is 1. The Bertz CT molecular complexity index is 713. The second-order valence-electron chi connectivity index (χ2n) is 5.29. The van der Waals surface area contributed by atoms with Gasteiger partial charge in [0.05, 0.1) is 11.5 Å². The van der Waals surface area contributed by atoms with E-state index in [-0.39, 0.29) is 4.90 Å². The van der Waals surface area contributed by atoms with Gasteiger partial charge >= 0.3 is 6.03 Å². The number of halogens is 1. The van der Waals surface area contributed by atoms with Crippen molar-refractivity contribution in [3.05, 3.63) is 29.3 Å². The van der Waals surface area contributed by atoms with Crippen LogP contribution in [0.2, 0.25) is 5.02 Å². The van der Waals surface area contributed by atoms with E-state index >= 15 is 0 Å². The number of nitrogens with one attached hydrogen (secondary N) is 2. The predicted octanol–water partition coefficient (Wildman–Crippen LogP) is -1.87. The number of hydrogen-bond acceptors (Lipinski definition) is 8. The molecule has 1 heterocycles. The van der Waals surface area contributed by atoms with Crippen LogP contribution in [0.1, 0.15) is 0 Å². The number of aliphatic hydroxyl groups excluding tert-OH is 4. The Morgan fingerprint density at radius 3 is 2.32 bits per heavy atom. The fourth-order valence-electron chi connectivity index (χ4n) is 2.23. The average Bonchev–Trinajstić information content (AvgIpc) is 2.55.